The number of rotatable bonds is 4. The molecule has 90 valence electrons. The molecule has 1 fully saturated rings. The zero-order valence-electron chi connectivity index (χ0n) is 9.41. The zero-order valence-corrected chi connectivity index (χ0v) is 9.41. The maximum absolute atomic E-state index is 11.3. The minimum absolute atomic E-state index is 0.0347. The maximum atomic E-state index is 11.3. The van der Waals surface area contributed by atoms with Crippen LogP contribution in [0.4, 0.5) is 0 Å². The maximum Gasteiger partial charge on any atom is 0.249 e. The number of ether oxygens (including phenoxy) is 1. The Hall–Kier alpha value is -1.43. The van der Waals surface area contributed by atoms with Crippen molar-refractivity contribution >= 4 is 17.7 Å². The Morgan fingerprint density at radius 3 is 2.81 bits per heavy atom. The minimum atomic E-state index is -0.624. The smallest absolute Gasteiger partial charge is 0.249 e. The van der Waals surface area contributed by atoms with Gasteiger partial charge in [-0.15, -0.1) is 0 Å². The van der Waals surface area contributed by atoms with Gasteiger partial charge in [0.15, 0.2) is 0 Å². The summed E-state index contributed by atoms with van der Waals surface area (Å²) in [6.07, 6.45) is 0.562. The van der Waals surface area contributed by atoms with Gasteiger partial charge < -0.3 is 10.1 Å². The molecule has 1 atom stereocenters. The van der Waals surface area contributed by atoms with Gasteiger partial charge in [-0.05, 0) is 20.3 Å². The van der Waals surface area contributed by atoms with Crippen LogP contribution in [0.25, 0.3) is 0 Å². The van der Waals surface area contributed by atoms with Crippen molar-refractivity contribution in [2.24, 2.45) is 0 Å². The Bertz CT molecular complexity index is 301. The van der Waals surface area contributed by atoms with Crippen LogP contribution in [0.15, 0.2) is 0 Å². The third-order valence-electron chi connectivity index (χ3n) is 2.12. The van der Waals surface area contributed by atoms with Crippen LogP contribution in [0.1, 0.15) is 26.7 Å². The van der Waals surface area contributed by atoms with Gasteiger partial charge in [-0.1, -0.05) is 0 Å². The number of piperidine rings is 1. The van der Waals surface area contributed by atoms with Gasteiger partial charge in [-0.25, -0.2) is 0 Å². The summed E-state index contributed by atoms with van der Waals surface area (Å²) in [5.74, 6) is -1.09. The molecular formula is C10H16N2O4. The molecule has 0 bridgehead atoms. The number of hydrogen-bond acceptors (Lipinski definition) is 4. The van der Waals surface area contributed by atoms with Gasteiger partial charge in [-0.2, -0.15) is 0 Å². The molecule has 1 unspecified atom stereocenters. The molecule has 3 amide bonds. The second kappa shape index (κ2) is 5.60. The third kappa shape index (κ3) is 3.98. The van der Waals surface area contributed by atoms with Gasteiger partial charge in [0.1, 0.15) is 12.6 Å². The number of imide groups is 1. The largest absolute Gasteiger partial charge is 0.369 e. The molecule has 16 heavy (non-hydrogen) atoms. The molecule has 6 heteroatoms. The first kappa shape index (κ1) is 12.6. The Morgan fingerprint density at radius 2 is 2.25 bits per heavy atom. The summed E-state index contributed by atoms with van der Waals surface area (Å²) in [7, 11) is 0. The lowest BCUT2D eigenvalue weighted by molar-refractivity contribution is -0.138. The fraction of sp³-hybridized carbons (Fsp3) is 0.700. The lowest BCUT2D eigenvalue weighted by Crippen LogP contribution is -2.53. The second-order valence-electron chi connectivity index (χ2n) is 3.93. The van der Waals surface area contributed by atoms with E-state index in [4.69, 9.17) is 4.74 Å². The summed E-state index contributed by atoms with van der Waals surface area (Å²) >= 11 is 0. The van der Waals surface area contributed by atoms with E-state index in [9.17, 15) is 14.4 Å². The van der Waals surface area contributed by atoms with Gasteiger partial charge in [0, 0.05) is 6.42 Å². The number of carbonyl (C=O) groups is 3. The highest BCUT2D eigenvalue weighted by Crippen LogP contribution is 2.04. The van der Waals surface area contributed by atoms with Crippen molar-refractivity contribution in [3.05, 3.63) is 0 Å². The molecule has 0 radical (unpaired) electrons. The normalized spacial score (nSPS) is 20.8. The van der Waals surface area contributed by atoms with Crippen LogP contribution in [0, 0.1) is 0 Å². The summed E-state index contributed by atoms with van der Waals surface area (Å²) in [5, 5.41) is 4.68. The van der Waals surface area contributed by atoms with E-state index in [0.29, 0.717) is 6.42 Å². The Balaban J connectivity index is 2.33. The van der Waals surface area contributed by atoms with Crippen molar-refractivity contribution in [2.75, 3.05) is 6.61 Å². The van der Waals surface area contributed by atoms with Crippen molar-refractivity contribution in [1.82, 2.24) is 10.6 Å². The van der Waals surface area contributed by atoms with E-state index in [1.807, 2.05) is 13.8 Å². The van der Waals surface area contributed by atoms with Crippen LogP contribution in [0.3, 0.4) is 0 Å². The average Bonchev–Trinajstić information content (AvgIpc) is 2.19. The van der Waals surface area contributed by atoms with Gasteiger partial charge in [-0.3, -0.25) is 19.7 Å². The number of amides is 3. The van der Waals surface area contributed by atoms with E-state index < -0.39 is 11.9 Å². The third-order valence-corrected chi connectivity index (χ3v) is 2.12. The predicted octanol–water partition coefficient (Wildman–Crippen LogP) is -0.667. The zero-order chi connectivity index (χ0) is 12.1. The molecule has 2 N–H and O–H groups in total. The average molecular weight is 228 g/mol. The van der Waals surface area contributed by atoms with Gasteiger partial charge in [0.05, 0.1) is 6.10 Å². The van der Waals surface area contributed by atoms with Gasteiger partial charge >= 0.3 is 0 Å². The van der Waals surface area contributed by atoms with E-state index in [0.717, 1.165) is 0 Å². The van der Waals surface area contributed by atoms with Crippen molar-refractivity contribution in [1.29, 1.82) is 0 Å². The van der Waals surface area contributed by atoms with Crippen molar-refractivity contribution in [2.45, 2.75) is 38.8 Å². The Kier molecular flexibility index (Phi) is 4.42. The molecule has 0 spiro atoms. The quantitative estimate of drug-likeness (QED) is 0.625. The topological polar surface area (TPSA) is 84.5 Å². The number of nitrogens with one attached hydrogen (secondary N) is 2. The van der Waals surface area contributed by atoms with Gasteiger partial charge in [0.25, 0.3) is 0 Å². The highest BCUT2D eigenvalue weighted by atomic mass is 16.5. The molecule has 1 saturated heterocycles. The van der Waals surface area contributed by atoms with Crippen LogP contribution in [0.5, 0.6) is 0 Å². The molecule has 1 aliphatic rings. The molecule has 0 aromatic carbocycles. The second-order valence-corrected chi connectivity index (χ2v) is 3.93. The fourth-order valence-corrected chi connectivity index (χ4v) is 1.31. The lowest BCUT2D eigenvalue weighted by Gasteiger charge is -2.21. The molecular weight excluding hydrogens is 212 g/mol. The first-order valence-corrected chi connectivity index (χ1v) is 5.23. The standard InChI is InChI=1S/C10H16N2O4/c1-6(2)16-5-9(14)11-7-3-4-8(13)12-10(7)15/h6-7H,3-5H2,1-2H3,(H,11,14)(H,12,13,15). The molecule has 0 aromatic heterocycles. The molecule has 0 saturated carbocycles. The first-order valence-electron chi connectivity index (χ1n) is 5.23. The molecule has 1 rings (SSSR count). The van der Waals surface area contributed by atoms with Crippen molar-refractivity contribution < 1.29 is 19.1 Å². The Morgan fingerprint density at radius 1 is 1.56 bits per heavy atom. The van der Waals surface area contributed by atoms with Crippen LogP contribution in [-0.2, 0) is 19.1 Å². The molecule has 0 aromatic rings. The predicted molar refractivity (Wildman–Crippen MR) is 55.4 cm³/mol. The van der Waals surface area contributed by atoms with Crippen LogP contribution < -0.4 is 10.6 Å². The van der Waals surface area contributed by atoms with E-state index in [2.05, 4.69) is 10.6 Å². The van der Waals surface area contributed by atoms with Crippen molar-refractivity contribution in [3.8, 4) is 0 Å². The highest BCUT2D eigenvalue weighted by Gasteiger charge is 2.27. The van der Waals surface area contributed by atoms with Crippen LogP contribution in [-0.4, -0.2) is 36.5 Å². The fourth-order valence-electron chi connectivity index (χ4n) is 1.31. The first-order chi connectivity index (χ1) is 7.49. The summed E-state index contributed by atoms with van der Waals surface area (Å²) < 4.78 is 5.09. The molecule has 6 nitrogen and oxygen atoms in total. The van der Waals surface area contributed by atoms with E-state index >= 15 is 0 Å². The SMILES string of the molecule is CC(C)OCC(=O)NC1CCC(=O)NC1=O. The summed E-state index contributed by atoms with van der Waals surface area (Å²) in [5.41, 5.74) is 0. The van der Waals surface area contributed by atoms with E-state index in [1.54, 1.807) is 0 Å². The summed E-state index contributed by atoms with van der Waals surface area (Å²) in [4.78, 5) is 33.5. The minimum Gasteiger partial charge on any atom is -0.369 e. The van der Waals surface area contributed by atoms with Crippen LogP contribution in [0.2, 0.25) is 0 Å². The highest BCUT2D eigenvalue weighted by molar-refractivity contribution is 6.01. The van der Waals surface area contributed by atoms with E-state index in [-0.39, 0.29) is 30.9 Å². The number of carbonyl (C=O) groups excluding carboxylic acids is 3. The van der Waals surface area contributed by atoms with Crippen molar-refractivity contribution in [3.63, 3.8) is 0 Å². The lowest BCUT2D eigenvalue weighted by atomic mass is 10.1. The van der Waals surface area contributed by atoms with Gasteiger partial charge in [0.2, 0.25) is 17.7 Å². The summed E-state index contributed by atoms with van der Waals surface area (Å²) in [6, 6.07) is -0.624. The monoisotopic (exact) mass is 228 g/mol. The van der Waals surface area contributed by atoms with E-state index in [1.165, 1.54) is 0 Å². The molecule has 1 heterocycles. The molecule has 0 aliphatic carbocycles. The Labute approximate surface area is 93.7 Å². The summed E-state index contributed by atoms with van der Waals surface area (Å²) in [6.45, 7) is 3.56. The molecule has 1 aliphatic heterocycles. The number of hydrogen-bond donors (Lipinski definition) is 2. The van der Waals surface area contributed by atoms with Crippen LogP contribution >= 0.6 is 0 Å².